The number of rotatable bonds is 6. The minimum absolute atomic E-state index is 0.00864. The summed E-state index contributed by atoms with van der Waals surface area (Å²) >= 11 is 0. The molecule has 1 amide bonds. The molecule has 0 bridgehead atoms. The number of methoxy groups -OCH3 is 1. The van der Waals surface area contributed by atoms with E-state index in [4.69, 9.17) is 4.74 Å². The Morgan fingerprint density at radius 3 is 2.88 bits per heavy atom. The van der Waals surface area contributed by atoms with Crippen LogP contribution in [0.3, 0.4) is 0 Å². The zero-order chi connectivity index (χ0) is 16.9. The number of amides is 1. The second-order valence-electron chi connectivity index (χ2n) is 6.76. The van der Waals surface area contributed by atoms with E-state index >= 15 is 0 Å². The number of aryl methyl sites for hydroxylation is 1. The van der Waals surface area contributed by atoms with Gasteiger partial charge in [-0.3, -0.25) is 4.79 Å². The average Bonchev–Trinajstić information content (AvgIpc) is 3.02. The summed E-state index contributed by atoms with van der Waals surface area (Å²) in [7, 11) is 1.74. The maximum Gasteiger partial charge on any atom is 0.267 e. The van der Waals surface area contributed by atoms with Crippen LogP contribution in [0, 0.1) is 12.8 Å². The maximum atomic E-state index is 12.4. The van der Waals surface area contributed by atoms with E-state index in [1.54, 1.807) is 7.11 Å². The van der Waals surface area contributed by atoms with Gasteiger partial charge in [0.25, 0.3) is 5.91 Å². The number of nitrogens with zero attached hydrogens (tertiary/aromatic N) is 1. The van der Waals surface area contributed by atoms with Crippen LogP contribution in [0.15, 0.2) is 24.3 Å². The Balaban J connectivity index is 1.48. The van der Waals surface area contributed by atoms with Crippen molar-refractivity contribution >= 4 is 16.8 Å². The molecule has 0 aliphatic carbocycles. The van der Waals surface area contributed by atoms with Crippen LogP contribution < -0.4 is 5.32 Å². The molecule has 2 aromatic rings. The van der Waals surface area contributed by atoms with Gasteiger partial charge in [0, 0.05) is 31.1 Å². The van der Waals surface area contributed by atoms with Crippen molar-refractivity contribution in [1.29, 1.82) is 0 Å². The van der Waals surface area contributed by atoms with E-state index in [1.165, 1.54) is 5.56 Å². The van der Waals surface area contributed by atoms with Gasteiger partial charge in [-0.05, 0) is 56.5 Å². The molecule has 0 radical (unpaired) electrons. The van der Waals surface area contributed by atoms with E-state index in [2.05, 4.69) is 34.3 Å². The van der Waals surface area contributed by atoms with Crippen molar-refractivity contribution in [3.63, 3.8) is 0 Å². The largest absolute Gasteiger partial charge is 0.383 e. The number of H-pyrrole nitrogens is 1. The summed E-state index contributed by atoms with van der Waals surface area (Å²) in [6, 6.07) is 8.11. The Labute approximate surface area is 143 Å². The number of benzene rings is 1. The van der Waals surface area contributed by atoms with Crippen LogP contribution in [0.5, 0.6) is 0 Å². The molecule has 3 rings (SSSR count). The number of aromatic nitrogens is 1. The molecule has 1 aromatic carbocycles. The van der Waals surface area contributed by atoms with Gasteiger partial charge in [-0.15, -0.1) is 0 Å². The van der Waals surface area contributed by atoms with Gasteiger partial charge in [-0.1, -0.05) is 12.1 Å². The number of carbonyl (C=O) groups excluding carboxylic acids is 1. The van der Waals surface area contributed by atoms with Crippen LogP contribution in [-0.2, 0) is 4.74 Å². The van der Waals surface area contributed by atoms with Gasteiger partial charge >= 0.3 is 0 Å². The van der Waals surface area contributed by atoms with E-state index in [0.29, 0.717) is 11.6 Å². The highest BCUT2D eigenvalue weighted by Gasteiger charge is 2.20. The van der Waals surface area contributed by atoms with Gasteiger partial charge in [-0.25, -0.2) is 0 Å². The van der Waals surface area contributed by atoms with Crippen molar-refractivity contribution in [2.45, 2.75) is 19.8 Å². The SMILES string of the molecule is COCCN1CCC(CNC(=O)c2cc3ccc(C)cc3[nH]2)CC1. The topological polar surface area (TPSA) is 57.4 Å². The monoisotopic (exact) mass is 329 g/mol. The van der Waals surface area contributed by atoms with Crippen LogP contribution in [0.4, 0.5) is 0 Å². The summed E-state index contributed by atoms with van der Waals surface area (Å²) in [6.07, 6.45) is 2.27. The van der Waals surface area contributed by atoms with Crippen molar-refractivity contribution in [2.24, 2.45) is 5.92 Å². The molecule has 0 saturated carbocycles. The fraction of sp³-hybridized carbons (Fsp3) is 0.526. The molecule has 1 aliphatic rings. The molecule has 130 valence electrons. The number of hydrogen-bond acceptors (Lipinski definition) is 3. The molecule has 1 aliphatic heterocycles. The van der Waals surface area contributed by atoms with Crippen molar-refractivity contribution in [3.05, 3.63) is 35.5 Å². The third-order valence-corrected chi connectivity index (χ3v) is 4.89. The zero-order valence-electron chi connectivity index (χ0n) is 14.6. The molecular weight excluding hydrogens is 302 g/mol. The van der Waals surface area contributed by atoms with Gasteiger partial charge < -0.3 is 19.9 Å². The molecule has 1 aromatic heterocycles. The Morgan fingerprint density at radius 1 is 1.33 bits per heavy atom. The highest BCUT2D eigenvalue weighted by Crippen LogP contribution is 2.18. The molecule has 0 spiro atoms. The number of piperidine rings is 1. The molecule has 1 saturated heterocycles. The summed E-state index contributed by atoms with van der Waals surface area (Å²) in [5, 5.41) is 4.17. The number of hydrogen-bond donors (Lipinski definition) is 2. The molecular formula is C19H27N3O2. The van der Waals surface area contributed by atoms with Gasteiger partial charge in [0.05, 0.1) is 6.61 Å². The van der Waals surface area contributed by atoms with Crippen LogP contribution in [0.2, 0.25) is 0 Å². The third-order valence-electron chi connectivity index (χ3n) is 4.89. The number of nitrogens with one attached hydrogen (secondary N) is 2. The minimum Gasteiger partial charge on any atom is -0.383 e. The number of ether oxygens (including phenoxy) is 1. The highest BCUT2D eigenvalue weighted by molar-refractivity contribution is 5.98. The quantitative estimate of drug-likeness (QED) is 0.856. The first-order valence-electron chi connectivity index (χ1n) is 8.74. The van der Waals surface area contributed by atoms with Crippen LogP contribution in [0.25, 0.3) is 10.9 Å². The Morgan fingerprint density at radius 2 is 2.12 bits per heavy atom. The molecule has 24 heavy (non-hydrogen) atoms. The van der Waals surface area contributed by atoms with Crippen LogP contribution >= 0.6 is 0 Å². The minimum atomic E-state index is -0.00864. The summed E-state index contributed by atoms with van der Waals surface area (Å²) in [4.78, 5) is 18.0. The van der Waals surface area contributed by atoms with E-state index in [0.717, 1.165) is 56.5 Å². The summed E-state index contributed by atoms with van der Waals surface area (Å²) in [5.41, 5.74) is 2.86. The van der Waals surface area contributed by atoms with Gasteiger partial charge in [-0.2, -0.15) is 0 Å². The molecule has 5 nitrogen and oxygen atoms in total. The molecule has 0 unspecified atom stereocenters. The predicted octanol–water partition coefficient (Wildman–Crippen LogP) is 2.56. The molecule has 1 fully saturated rings. The smallest absolute Gasteiger partial charge is 0.267 e. The van der Waals surface area contributed by atoms with Crippen LogP contribution in [-0.4, -0.2) is 55.7 Å². The van der Waals surface area contributed by atoms with Gasteiger partial charge in [0.2, 0.25) is 0 Å². The first-order chi connectivity index (χ1) is 11.7. The summed E-state index contributed by atoms with van der Waals surface area (Å²) in [5.74, 6) is 0.560. The standard InChI is InChI=1S/C19H27N3O2/c1-14-3-4-16-12-18(21-17(16)11-14)19(23)20-13-15-5-7-22(8-6-15)9-10-24-2/h3-4,11-12,15,21H,5-10,13H2,1-2H3,(H,20,23). The Hall–Kier alpha value is -1.85. The fourth-order valence-corrected chi connectivity index (χ4v) is 3.33. The predicted molar refractivity (Wildman–Crippen MR) is 96.4 cm³/mol. The molecule has 2 heterocycles. The highest BCUT2D eigenvalue weighted by atomic mass is 16.5. The zero-order valence-corrected chi connectivity index (χ0v) is 14.6. The van der Waals surface area contributed by atoms with Crippen LogP contribution in [0.1, 0.15) is 28.9 Å². The van der Waals surface area contributed by atoms with Crippen molar-refractivity contribution in [3.8, 4) is 0 Å². The summed E-state index contributed by atoms with van der Waals surface area (Å²) in [6.45, 7) is 6.79. The number of likely N-dealkylation sites (tertiary alicyclic amines) is 1. The van der Waals surface area contributed by atoms with Gasteiger partial charge in [0.15, 0.2) is 0 Å². The lowest BCUT2D eigenvalue weighted by Crippen LogP contribution is -2.39. The molecule has 0 atom stereocenters. The van der Waals surface area contributed by atoms with Crippen molar-refractivity contribution in [2.75, 3.05) is 39.9 Å². The van der Waals surface area contributed by atoms with E-state index in [9.17, 15) is 4.79 Å². The lowest BCUT2D eigenvalue weighted by Gasteiger charge is -2.31. The Bertz CT molecular complexity index is 687. The van der Waals surface area contributed by atoms with Gasteiger partial charge in [0.1, 0.15) is 5.69 Å². The van der Waals surface area contributed by atoms with E-state index < -0.39 is 0 Å². The average molecular weight is 329 g/mol. The fourth-order valence-electron chi connectivity index (χ4n) is 3.33. The van der Waals surface area contributed by atoms with E-state index in [1.807, 2.05) is 12.1 Å². The first kappa shape index (κ1) is 17.0. The third kappa shape index (κ3) is 4.16. The van der Waals surface area contributed by atoms with Crippen molar-refractivity contribution < 1.29 is 9.53 Å². The maximum absolute atomic E-state index is 12.4. The second-order valence-corrected chi connectivity index (χ2v) is 6.76. The molecule has 2 N–H and O–H groups in total. The Kier molecular flexibility index (Phi) is 5.53. The lowest BCUT2D eigenvalue weighted by molar-refractivity contribution is 0.0922. The normalized spacial score (nSPS) is 16.6. The second kappa shape index (κ2) is 7.81. The summed E-state index contributed by atoms with van der Waals surface area (Å²) < 4.78 is 5.13. The number of fused-ring (bicyclic) bond motifs is 1. The molecule has 5 heteroatoms. The lowest BCUT2D eigenvalue weighted by atomic mass is 9.97. The van der Waals surface area contributed by atoms with E-state index in [-0.39, 0.29) is 5.91 Å². The first-order valence-corrected chi connectivity index (χ1v) is 8.74. The number of aromatic amines is 1. The van der Waals surface area contributed by atoms with Crippen molar-refractivity contribution in [1.82, 2.24) is 15.2 Å². The number of carbonyl (C=O) groups is 1.